The largest absolute Gasteiger partial charge is 0.459 e. The van der Waals surface area contributed by atoms with Gasteiger partial charge in [-0.15, -0.1) is 0 Å². The fraction of sp³-hybridized carbons (Fsp3) is 0.387. The van der Waals surface area contributed by atoms with Crippen LogP contribution in [-0.4, -0.2) is 56.0 Å². The number of anilines is 3. The zero-order valence-corrected chi connectivity index (χ0v) is 60.5. The Morgan fingerprint density at radius 2 is 0.765 bits per heavy atom. The Labute approximate surface area is 603 Å². The highest BCUT2D eigenvalue weighted by Gasteiger charge is 2.66. The van der Waals surface area contributed by atoms with Gasteiger partial charge in [0.15, 0.2) is 0 Å². The average Bonchev–Trinajstić information content (AvgIpc) is 1.53. The molecule has 0 bridgehead atoms. The standard InChI is InChI=1S/C40H44N2O.C31H34N2O.C22H20N2O/c1-38(2,31-16-8-4-9-17-31)32-21-22-33-30(26-32)20-23-36-37(33)41-28-40(43-36)39(24-12-5-13-25-39)34-18-10-11-19-35(34)42(40)27-29-14-6-3-7-15-29;1-3-11-23(12-4-1)21-33-27-16-8-7-15-26(27)30(19-9-2-10-20-30)31(33)22-32-29-25-14-6-5-13-24(25)17-18-28(29)34-31;1-21(2)17-10-6-7-11-18(17)24(3)22(21)14-23-20-16-9-5-4-8-15(16)12-13-19(20)25-22/h4,8-11,16-23,26,28-29H,3,5-7,12-15,24-25,27H2,1-2H3;5-8,13-18,22-23H,1-4,9-12,19-21H2;4-14H,1-3H3. The van der Waals surface area contributed by atoms with Crippen molar-refractivity contribution in [2.75, 3.05) is 34.8 Å². The second-order valence-corrected chi connectivity index (χ2v) is 32.5. The van der Waals surface area contributed by atoms with Crippen LogP contribution in [0.3, 0.4) is 0 Å². The molecule has 9 heteroatoms. The summed E-state index contributed by atoms with van der Waals surface area (Å²) in [4.78, 5) is 23.0. The summed E-state index contributed by atoms with van der Waals surface area (Å²) in [5, 5.41) is 7.10. The Bertz CT molecular complexity index is 4930. The fourth-order valence-corrected chi connectivity index (χ4v) is 20.9. The van der Waals surface area contributed by atoms with Crippen molar-refractivity contribution in [2.24, 2.45) is 26.8 Å². The summed E-state index contributed by atoms with van der Waals surface area (Å²) in [5.74, 6) is 4.14. The Balaban J connectivity index is 0.000000114. The lowest BCUT2D eigenvalue weighted by atomic mass is 9.64. The molecule has 3 atom stereocenters. The maximum absolute atomic E-state index is 7.46. The SMILES string of the molecule is C1=Nc2c(ccc3ccccc23)OC12N(CC1CCCCC1)c1ccccc1C21CCCCC1.CC(C)(c1ccccc1)c1ccc2c3c(ccc2c1)OC1(C=N3)N(CC2CCCCC2)c2ccccc2C12CCCCC2.CN1c2ccccc2C(C)(C)C12C=Nc1c(ccc3ccccc13)O2. The van der Waals surface area contributed by atoms with Crippen molar-refractivity contribution in [1.82, 2.24) is 0 Å². The van der Waals surface area contributed by atoms with Gasteiger partial charge in [-0.25, -0.2) is 0 Å². The number of hydrogen-bond acceptors (Lipinski definition) is 9. The fourth-order valence-electron chi connectivity index (χ4n) is 20.9. The third-order valence-electron chi connectivity index (χ3n) is 26.5. The first kappa shape index (κ1) is 64.9. The first-order valence-corrected chi connectivity index (χ1v) is 38.8. The molecule has 10 aromatic rings. The van der Waals surface area contributed by atoms with Crippen molar-refractivity contribution < 1.29 is 14.2 Å². The van der Waals surface area contributed by atoms with Gasteiger partial charge in [0, 0.05) is 58.8 Å². The van der Waals surface area contributed by atoms with Gasteiger partial charge >= 0.3 is 0 Å². The number of aliphatic imine (C=N–C) groups is 3. The number of nitrogens with zero attached hydrogens (tertiary/aromatic N) is 6. The van der Waals surface area contributed by atoms with E-state index < -0.39 is 17.2 Å². The molecule has 6 aliphatic heterocycles. The number of para-hydroxylation sites is 3. The number of hydrogen-bond donors (Lipinski definition) is 0. The maximum Gasteiger partial charge on any atom is 0.229 e. The summed E-state index contributed by atoms with van der Waals surface area (Å²) < 4.78 is 21.4. The summed E-state index contributed by atoms with van der Waals surface area (Å²) in [6, 6.07) is 74.4. The van der Waals surface area contributed by atoms with E-state index in [0.29, 0.717) is 5.92 Å². The molecule has 0 aromatic heterocycles. The van der Waals surface area contributed by atoms with E-state index in [2.05, 4.69) is 250 Å². The van der Waals surface area contributed by atoms with Gasteiger partial charge in [-0.1, -0.05) is 261 Å². The maximum atomic E-state index is 7.46. The topological polar surface area (TPSA) is 74.5 Å². The first-order chi connectivity index (χ1) is 49.9. The number of likely N-dealkylation sites (N-methyl/N-ethyl adjacent to an activating group) is 1. The summed E-state index contributed by atoms with van der Waals surface area (Å²) in [6.07, 6.45) is 32.2. The first-order valence-electron chi connectivity index (χ1n) is 38.8. The number of rotatable bonds is 6. The van der Waals surface area contributed by atoms with Crippen molar-refractivity contribution in [3.63, 3.8) is 0 Å². The second kappa shape index (κ2) is 25.3. The predicted molar refractivity (Wildman–Crippen MR) is 423 cm³/mol. The molecular formula is C93H98N6O3. The molecule has 3 unspecified atom stereocenters. The second-order valence-electron chi connectivity index (χ2n) is 32.5. The van der Waals surface area contributed by atoms with Crippen molar-refractivity contribution in [3.8, 4) is 17.2 Å². The minimum absolute atomic E-state index is 0.0383. The van der Waals surface area contributed by atoms with Crippen LogP contribution in [0.4, 0.5) is 34.1 Å². The molecule has 4 fully saturated rings. The summed E-state index contributed by atoms with van der Waals surface area (Å²) in [7, 11) is 2.09. The van der Waals surface area contributed by atoms with E-state index in [9.17, 15) is 0 Å². The summed E-state index contributed by atoms with van der Waals surface area (Å²) in [6.45, 7) is 11.2. The molecule has 6 heterocycles. The van der Waals surface area contributed by atoms with Gasteiger partial charge in [-0.05, 0) is 157 Å². The van der Waals surface area contributed by atoms with Gasteiger partial charge in [0.2, 0.25) is 17.2 Å². The minimum atomic E-state index is -0.619. The van der Waals surface area contributed by atoms with Crippen LogP contribution in [0.25, 0.3) is 32.3 Å². The molecule has 9 nitrogen and oxygen atoms in total. The van der Waals surface area contributed by atoms with Crippen LogP contribution in [0.1, 0.15) is 184 Å². The molecule has 4 saturated carbocycles. The van der Waals surface area contributed by atoms with Crippen LogP contribution in [0, 0.1) is 11.8 Å². The zero-order valence-electron chi connectivity index (χ0n) is 60.5. The molecule has 0 amide bonds. The molecule has 0 N–H and O–H groups in total. The molecule has 102 heavy (non-hydrogen) atoms. The third kappa shape index (κ3) is 10.1. The molecule has 0 saturated heterocycles. The molecule has 10 aromatic carbocycles. The minimum Gasteiger partial charge on any atom is -0.459 e. The number of ether oxygens (including phenoxy) is 3. The van der Waals surface area contributed by atoms with E-state index in [-0.39, 0.29) is 21.7 Å². The highest BCUT2D eigenvalue weighted by atomic mass is 16.5. The Hall–Kier alpha value is -9.21. The van der Waals surface area contributed by atoms with E-state index in [1.165, 1.54) is 187 Å². The van der Waals surface area contributed by atoms with Crippen LogP contribution < -0.4 is 28.9 Å². The van der Waals surface area contributed by atoms with Crippen LogP contribution >= 0.6 is 0 Å². The lowest BCUT2D eigenvalue weighted by Crippen LogP contribution is -2.65. The van der Waals surface area contributed by atoms with Crippen LogP contribution in [-0.2, 0) is 21.7 Å². The highest BCUT2D eigenvalue weighted by molar-refractivity contribution is 6.03. The van der Waals surface area contributed by atoms with Gasteiger partial charge in [-0.2, -0.15) is 0 Å². The molecule has 5 spiro atoms. The average molecular weight is 1350 g/mol. The number of benzene rings is 10. The lowest BCUT2D eigenvalue weighted by molar-refractivity contribution is 0.0331. The van der Waals surface area contributed by atoms with Crippen LogP contribution in [0.2, 0.25) is 0 Å². The van der Waals surface area contributed by atoms with E-state index in [1.807, 2.05) is 24.4 Å². The summed E-state index contributed by atoms with van der Waals surface area (Å²) >= 11 is 0. The highest BCUT2D eigenvalue weighted by Crippen LogP contribution is 2.63. The van der Waals surface area contributed by atoms with E-state index >= 15 is 0 Å². The lowest BCUT2D eigenvalue weighted by Gasteiger charge is -2.51. The smallest absolute Gasteiger partial charge is 0.229 e. The molecule has 10 aliphatic rings. The van der Waals surface area contributed by atoms with Gasteiger partial charge in [-0.3, -0.25) is 15.0 Å². The van der Waals surface area contributed by atoms with Crippen molar-refractivity contribution in [1.29, 1.82) is 0 Å². The predicted octanol–water partition coefficient (Wildman–Crippen LogP) is 23.3. The Morgan fingerprint density at radius 3 is 1.25 bits per heavy atom. The van der Waals surface area contributed by atoms with Gasteiger partial charge in [0.05, 0.1) is 34.9 Å². The van der Waals surface area contributed by atoms with Gasteiger partial charge < -0.3 is 28.9 Å². The van der Waals surface area contributed by atoms with Crippen LogP contribution in [0.15, 0.2) is 221 Å². The van der Waals surface area contributed by atoms with Crippen molar-refractivity contribution in [3.05, 3.63) is 234 Å². The van der Waals surface area contributed by atoms with E-state index in [1.54, 1.807) is 0 Å². The zero-order chi connectivity index (χ0) is 68.9. The van der Waals surface area contributed by atoms with Crippen molar-refractivity contribution >= 4 is 85.1 Å². The summed E-state index contributed by atoms with van der Waals surface area (Å²) in [5.41, 5.74) is 11.6. The molecule has 20 rings (SSSR count). The molecule has 0 radical (unpaired) electrons. The quantitative estimate of drug-likeness (QED) is 0.165. The Kier molecular flexibility index (Phi) is 16.1. The van der Waals surface area contributed by atoms with Gasteiger partial charge in [0.25, 0.3) is 0 Å². The molecule has 4 aliphatic carbocycles. The normalized spacial score (nSPS) is 23.8. The van der Waals surface area contributed by atoms with Crippen LogP contribution in [0.5, 0.6) is 17.2 Å². The molecule has 518 valence electrons. The van der Waals surface area contributed by atoms with E-state index in [4.69, 9.17) is 29.2 Å². The number of fused-ring (bicyclic) bond motifs is 16. The van der Waals surface area contributed by atoms with Gasteiger partial charge in [0.1, 0.15) is 34.3 Å². The molecular weight excluding hydrogens is 1250 g/mol. The van der Waals surface area contributed by atoms with E-state index in [0.717, 1.165) is 71.5 Å². The third-order valence-corrected chi connectivity index (χ3v) is 26.5. The monoisotopic (exact) mass is 1350 g/mol. The Morgan fingerprint density at radius 1 is 0.373 bits per heavy atom. The van der Waals surface area contributed by atoms with Crippen molar-refractivity contribution in [2.45, 2.75) is 195 Å².